The van der Waals surface area contributed by atoms with Crippen LogP contribution in [0.3, 0.4) is 0 Å². The predicted octanol–water partition coefficient (Wildman–Crippen LogP) is 5.94. The quantitative estimate of drug-likeness (QED) is 0.248. The number of nitrogens with zero attached hydrogens (tertiary/aromatic N) is 1. The minimum atomic E-state index is -3.18. The Labute approximate surface area is 246 Å². The molecule has 3 aromatic carbocycles. The average molecular weight is 606 g/mol. The number of carbonyl (C=O) groups excluding carboxylic acids is 2. The van der Waals surface area contributed by atoms with Crippen LogP contribution >= 0.6 is 11.6 Å². The summed E-state index contributed by atoms with van der Waals surface area (Å²) in [5.74, 6) is -0.475. The molecule has 0 saturated carbocycles. The molecule has 224 valence electrons. The molecule has 0 spiro atoms. The number of benzene rings is 3. The lowest BCUT2D eigenvalue weighted by molar-refractivity contribution is -0.151. The van der Waals surface area contributed by atoms with E-state index in [2.05, 4.69) is 0 Å². The molecule has 3 aromatic rings. The number of fused-ring (bicyclic) bond motifs is 1. The number of ether oxygens (including phenoxy) is 6. The molecule has 0 bridgehead atoms. The zero-order valence-electron chi connectivity index (χ0n) is 23.4. The number of methoxy groups -OCH3 is 3. The highest BCUT2D eigenvalue weighted by molar-refractivity contribution is 6.30. The number of carbonyl (C=O) groups is 2. The fraction of sp³-hybridized carbons (Fsp3) is 0.333. The zero-order valence-corrected chi connectivity index (χ0v) is 24.2. The van der Waals surface area contributed by atoms with Crippen molar-refractivity contribution in [3.05, 3.63) is 76.3 Å². The van der Waals surface area contributed by atoms with Gasteiger partial charge < -0.3 is 33.3 Å². The molecule has 1 aliphatic rings. The lowest BCUT2D eigenvalue weighted by Gasteiger charge is -2.26. The van der Waals surface area contributed by atoms with Gasteiger partial charge in [0.25, 0.3) is 5.91 Å². The summed E-state index contributed by atoms with van der Waals surface area (Å²) >= 11 is 6.41. The van der Waals surface area contributed by atoms with Crippen LogP contribution in [0.4, 0.5) is 14.5 Å². The molecule has 0 radical (unpaired) electrons. The van der Waals surface area contributed by atoms with Crippen molar-refractivity contribution in [3.63, 3.8) is 0 Å². The Morgan fingerprint density at radius 3 is 2.43 bits per heavy atom. The van der Waals surface area contributed by atoms with Crippen molar-refractivity contribution in [2.45, 2.75) is 38.7 Å². The molecular weight excluding hydrogens is 576 g/mol. The first-order chi connectivity index (χ1) is 20.2. The highest BCUT2D eigenvalue weighted by Gasteiger charge is 2.40. The molecular formula is C30H30ClF2NO8. The minimum Gasteiger partial charge on any atom is -0.497 e. The molecule has 4 rings (SSSR count). The maximum atomic E-state index is 14.1. The van der Waals surface area contributed by atoms with E-state index in [-0.39, 0.29) is 30.2 Å². The van der Waals surface area contributed by atoms with E-state index in [1.807, 2.05) is 0 Å². The van der Waals surface area contributed by atoms with E-state index in [4.69, 9.17) is 40.0 Å². The van der Waals surface area contributed by atoms with Crippen LogP contribution in [0, 0.1) is 0 Å². The predicted molar refractivity (Wildman–Crippen MR) is 150 cm³/mol. The van der Waals surface area contributed by atoms with Gasteiger partial charge >= 0.3 is 12.6 Å². The number of hydrogen-bond acceptors (Lipinski definition) is 8. The third kappa shape index (κ3) is 6.69. The SMILES string of the molecule is CCOC(=O)CC1OC(c2cccc(OC)c2OC(F)F)c2cc(Cl)ccc2N(Cc2ccc(OC)cc2OC)C1=O. The smallest absolute Gasteiger partial charge is 0.387 e. The number of alkyl halides is 2. The van der Waals surface area contributed by atoms with Crippen LogP contribution in [0.25, 0.3) is 0 Å². The number of halogens is 3. The molecule has 42 heavy (non-hydrogen) atoms. The van der Waals surface area contributed by atoms with Gasteiger partial charge in [0.2, 0.25) is 0 Å². The number of amides is 1. The van der Waals surface area contributed by atoms with Crippen molar-refractivity contribution >= 4 is 29.2 Å². The molecule has 1 amide bonds. The molecule has 1 heterocycles. The summed E-state index contributed by atoms with van der Waals surface area (Å²) in [5, 5.41) is 0.305. The molecule has 12 heteroatoms. The Bertz CT molecular complexity index is 1440. The van der Waals surface area contributed by atoms with Gasteiger partial charge in [-0.15, -0.1) is 0 Å². The Kier molecular flexibility index (Phi) is 10.1. The Balaban J connectivity index is 1.92. The third-order valence-corrected chi connectivity index (χ3v) is 6.84. The van der Waals surface area contributed by atoms with Gasteiger partial charge in [0, 0.05) is 27.8 Å². The highest BCUT2D eigenvalue weighted by atomic mass is 35.5. The topological polar surface area (TPSA) is 92.8 Å². The van der Waals surface area contributed by atoms with E-state index in [1.54, 1.807) is 49.4 Å². The first-order valence-electron chi connectivity index (χ1n) is 12.9. The van der Waals surface area contributed by atoms with Crippen molar-refractivity contribution < 1.29 is 46.8 Å². The van der Waals surface area contributed by atoms with Crippen molar-refractivity contribution in [2.24, 2.45) is 0 Å². The van der Waals surface area contributed by atoms with Crippen LogP contribution in [-0.2, 0) is 25.6 Å². The molecule has 2 unspecified atom stereocenters. The Morgan fingerprint density at radius 2 is 1.76 bits per heavy atom. The summed E-state index contributed by atoms with van der Waals surface area (Å²) in [5.41, 5.74) is 1.53. The molecule has 2 atom stereocenters. The second-order valence-electron chi connectivity index (χ2n) is 9.08. The van der Waals surface area contributed by atoms with Crippen LogP contribution in [0.5, 0.6) is 23.0 Å². The van der Waals surface area contributed by atoms with Gasteiger partial charge in [-0.2, -0.15) is 8.78 Å². The zero-order chi connectivity index (χ0) is 30.4. The maximum absolute atomic E-state index is 14.1. The van der Waals surface area contributed by atoms with Crippen LogP contribution < -0.4 is 23.8 Å². The summed E-state index contributed by atoms with van der Waals surface area (Å²) in [6.45, 7) is -1.44. The largest absolute Gasteiger partial charge is 0.497 e. The van der Waals surface area contributed by atoms with Crippen molar-refractivity contribution in [1.82, 2.24) is 0 Å². The van der Waals surface area contributed by atoms with Gasteiger partial charge in [0.05, 0.1) is 46.6 Å². The van der Waals surface area contributed by atoms with E-state index >= 15 is 0 Å². The maximum Gasteiger partial charge on any atom is 0.387 e. The summed E-state index contributed by atoms with van der Waals surface area (Å²) in [6, 6.07) is 14.5. The molecule has 0 saturated heterocycles. The summed E-state index contributed by atoms with van der Waals surface area (Å²) in [7, 11) is 4.33. The van der Waals surface area contributed by atoms with E-state index in [0.717, 1.165) is 0 Å². The van der Waals surface area contributed by atoms with Crippen LogP contribution in [0.1, 0.15) is 36.1 Å². The molecule has 9 nitrogen and oxygen atoms in total. The minimum absolute atomic E-state index is 0.00847. The Hall–Kier alpha value is -4.09. The lowest BCUT2D eigenvalue weighted by atomic mass is 9.97. The molecule has 0 N–H and O–H groups in total. The molecule has 0 aliphatic carbocycles. The fourth-order valence-corrected chi connectivity index (χ4v) is 4.93. The first-order valence-corrected chi connectivity index (χ1v) is 13.3. The summed E-state index contributed by atoms with van der Waals surface area (Å²) in [6.07, 6.45) is -2.97. The van der Waals surface area contributed by atoms with E-state index in [9.17, 15) is 18.4 Å². The average Bonchev–Trinajstić information content (AvgIpc) is 3.07. The molecule has 1 aliphatic heterocycles. The number of rotatable bonds is 11. The van der Waals surface area contributed by atoms with Crippen LogP contribution in [0.2, 0.25) is 5.02 Å². The lowest BCUT2D eigenvalue weighted by Crippen LogP contribution is -2.40. The van der Waals surface area contributed by atoms with Gasteiger partial charge in [-0.25, -0.2) is 0 Å². The molecule has 0 fully saturated rings. The standard InChI is InChI=1S/C30H30ClF2NO8/c1-5-40-26(35)15-25-29(36)34(16-17-9-11-19(37-2)14-24(17)39-4)22-12-10-18(31)13-21(22)27(41-25)20-7-6-8-23(38-3)28(20)42-30(32)33/h6-14,25,27,30H,5,15-16H2,1-4H3. The summed E-state index contributed by atoms with van der Waals surface area (Å²) in [4.78, 5) is 28.2. The van der Waals surface area contributed by atoms with Crippen LogP contribution in [0.15, 0.2) is 54.6 Å². The van der Waals surface area contributed by atoms with Gasteiger partial charge in [-0.05, 0) is 43.3 Å². The van der Waals surface area contributed by atoms with Crippen molar-refractivity contribution in [3.8, 4) is 23.0 Å². The second-order valence-corrected chi connectivity index (χ2v) is 9.51. The first kappa shape index (κ1) is 30.9. The van der Waals surface area contributed by atoms with E-state index < -0.39 is 37.1 Å². The number of esters is 1. The summed E-state index contributed by atoms with van der Waals surface area (Å²) < 4.78 is 59.6. The Morgan fingerprint density at radius 1 is 1.00 bits per heavy atom. The third-order valence-electron chi connectivity index (χ3n) is 6.60. The van der Waals surface area contributed by atoms with Gasteiger partial charge in [0.15, 0.2) is 11.5 Å². The molecule has 0 aromatic heterocycles. The fourth-order valence-electron chi connectivity index (χ4n) is 4.75. The number of para-hydroxylation sites is 1. The van der Waals surface area contributed by atoms with Gasteiger partial charge in [-0.1, -0.05) is 23.7 Å². The number of anilines is 1. The van der Waals surface area contributed by atoms with Crippen molar-refractivity contribution in [1.29, 1.82) is 0 Å². The van der Waals surface area contributed by atoms with Crippen molar-refractivity contribution in [2.75, 3.05) is 32.8 Å². The van der Waals surface area contributed by atoms with E-state index in [0.29, 0.717) is 33.3 Å². The second kappa shape index (κ2) is 13.7. The van der Waals surface area contributed by atoms with Gasteiger partial charge in [-0.3, -0.25) is 9.59 Å². The van der Waals surface area contributed by atoms with E-state index in [1.165, 1.54) is 38.4 Å². The number of hydrogen-bond donors (Lipinski definition) is 0. The van der Waals surface area contributed by atoms with Crippen LogP contribution in [-0.4, -0.2) is 52.5 Å². The monoisotopic (exact) mass is 605 g/mol. The van der Waals surface area contributed by atoms with Gasteiger partial charge in [0.1, 0.15) is 23.7 Å². The highest BCUT2D eigenvalue weighted by Crippen LogP contribution is 2.46. The normalized spacial score (nSPS) is 16.5.